The van der Waals surface area contributed by atoms with Gasteiger partial charge in [-0.1, -0.05) is 19.3 Å². The molecule has 1 saturated carbocycles. The lowest BCUT2D eigenvalue weighted by molar-refractivity contribution is 0.0524. The first-order chi connectivity index (χ1) is 11.8. The summed E-state index contributed by atoms with van der Waals surface area (Å²) in [6.45, 7) is 3.06. The number of hydrogen-bond donors (Lipinski definition) is 1. The molecule has 4 rings (SSSR count). The number of carbonyl (C=O) groups excluding carboxylic acids is 1. The van der Waals surface area contributed by atoms with Crippen molar-refractivity contribution in [3.8, 4) is 0 Å². The van der Waals surface area contributed by atoms with Crippen molar-refractivity contribution in [3.63, 3.8) is 0 Å². The number of carbonyl (C=O) groups is 1. The second-order valence-electron chi connectivity index (χ2n) is 7.33. The standard InChI is InChI=1S/C20H27NO3/c1-2-23-20(22)14-8-9-17-16(12-14)19-15(10-11-24-19)18(21-17)13-6-4-3-5-7-13/h8-9,12-13,15,18-19,21H,2-7,10-11H2,1H3. The molecule has 1 N–H and O–H groups in total. The van der Waals surface area contributed by atoms with Crippen LogP contribution in [0.15, 0.2) is 18.2 Å². The normalized spacial score (nSPS) is 29.5. The smallest absolute Gasteiger partial charge is 0.338 e. The molecular formula is C20H27NO3. The molecule has 0 amide bonds. The Balaban J connectivity index is 1.63. The van der Waals surface area contributed by atoms with Gasteiger partial charge in [0, 0.05) is 29.8 Å². The summed E-state index contributed by atoms with van der Waals surface area (Å²) in [6, 6.07) is 6.39. The fraction of sp³-hybridized carbons (Fsp3) is 0.650. The SMILES string of the molecule is CCOC(=O)c1ccc2c(c1)C1OCCC1C(C1CCCCC1)N2. The van der Waals surface area contributed by atoms with E-state index in [-0.39, 0.29) is 12.1 Å². The van der Waals surface area contributed by atoms with Crippen molar-refractivity contribution in [2.75, 3.05) is 18.5 Å². The zero-order chi connectivity index (χ0) is 16.5. The number of rotatable bonds is 3. The Morgan fingerprint density at radius 3 is 2.88 bits per heavy atom. The summed E-state index contributed by atoms with van der Waals surface area (Å²) in [7, 11) is 0. The molecule has 2 heterocycles. The van der Waals surface area contributed by atoms with Gasteiger partial charge in [-0.15, -0.1) is 0 Å². The van der Waals surface area contributed by atoms with E-state index in [1.165, 1.54) is 32.1 Å². The molecule has 0 radical (unpaired) electrons. The molecule has 1 aromatic rings. The Morgan fingerprint density at radius 1 is 1.25 bits per heavy atom. The first kappa shape index (κ1) is 15.9. The Kier molecular flexibility index (Phi) is 4.49. The molecule has 0 bridgehead atoms. The fourth-order valence-corrected chi connectivity index (χ4v) is 4.81. The highest BCUT2D eigenvalue weighted by atomic mass is 16.5. The topological polar surface area (TPSA) is 47.6 Å². The summed E-state index contributed by atoms with van der Waals surface area (Å²) < 4.78 is 11.3. The lowest BCUT2D eigenvalue weighted by Gasteiger charge is -2.42. The van der Waals surface area contributed by atoms with Crippen LogP contribution in [0.3, 0.4) is 0 Å². The van der Waals surface area contributed by atoms with Crippen LogP contribution in [-0.2, 0) is 9.47 Å². The molecule has 130 valence electrons. The molecular weight excluding hydrogens is 302 g/mol. The largest absolute Gasteiger partial charge is 0.462 e. The molecule has 0 aromatic heterocycles. The monoisotopic (exact) mass is 329 g/mol. The average molecular weight is 329 g/mol. The van der Waals surface area contributed by atoms with E-state index in [1.54, 1.807) is 0 Å². The number of ether oxygens (including phenoxy) is 2. The van der Waals surface area contributed by atoms with Crippen LogP contribution in [0.5, 0.6) is 0 Å². The Hall–Kier alpha value is -1.55. The number of hydrogen-bond acceptors (Lipinski definition) is 4. The summed E-state index contributed by atoms with van der Waals surface area (Å²) in [5.41, 5.74) is 2.90. The third kappa shape index (κ3) is 2.81. The summed E-state index contributed by atoms with van der Waals surface area (Å²) in [6.07, 6.45) is 8.00. The molecule has 3 atom stereocenters. The van der Waals surface area contributed by atoms with Crippen molar-refractivity contribution in [2.45, 2.75) is 57.6 Å². The van der Waals surface area contributed by atoms with Crippen LogP contribution >= 0.6 is 0 Å². The first-order valence-corrected chi connectivity index (χ1v) is 9.47. The minimum Gasteiger partial charge on any atom is -0.462 e. The molecule has 1 saturated heterocycles. The molecule has 2 aliphatic heterocycles. The second kappa shape index (κ2) is 6.75. The Labute approximate surface area is 143 Å². The number of anilines is 1. The van der Waals surface area contributed by atoms with Gasteiger partial charge in [0.2, 0.25) is 0 Å². The molecule has 1 aromatic carbocycles. The van der Waals surface area contributed by atoms with Gasteiger partial charge in [-0.2, -0.15) is 0 Å². The van der Waals surface area contributed by atoms with Crippen molar-refractivity contribution >= 4 is 11.7 Å². The van der Waals surface area contributed by atoms with E-state index in [0.29, 0.717) is 24.1 Å². The maximum absolute atomic E-state index is 12.1. The predicted molar refractivity (Wildman–Crippen MR) is 93.2 cm³/mol. The van der Waals surface area contributed by atoms with Gasteiger partial charge in [0.1, 0.15) is 0 Å². The minimum absolute atomic E-state index is 0.127. The lowest BCUT2D eigenvalue weighted by atomic mass is 9.73. The van der Waals surface area contributed by atoms with Crippen LogP contribution in [0.25, 0.3) is 0 Å². The van der Waals surface area contributed by atoms with Crippen LogP contribution in [-0.4, -0.2) is 25.2 Å². The summed E-state index contributed by atoms with van der Waals surface area (Å²) in [5, 5.41) is 3.80. The van der Waals surface area contributed by atoms with E-state index < -0.39 is 0 Å². The summed E-state index contributed by atoms with van der Waals surface area (Å²) in [5.74, 6) is 1.04. The zero-order valence-corrected chi connectivity index (χ0v) is 14.4. The van der Waals surface area contributed by atoms with E-state index in [2.05, 4.69) is 5.32 Å². The number of benzene rings is 1. The van der Waals surface area contributed by atoms with Gasteiger partial charge in [-0.3, -0.25) is 0 Å². The molecule has 3 unspecified atom stereocenters. The third-order valence-electron chi connectivity index (χ3n) is 5.95. The molecule has 1 aliphatic carbocycles. The molecule has 24 heavy (non-hydrogen) atoms. The van der Waals surface area contributed by atoms with Crippen molar-refractivity contribution in [1.82, 2.24) is 0 Å². The predicted octanol–water partition coefficient (Wildman–Crippen LogP) is 4.32. The summed E-state index contributed by atoms with van der Waals surface area (Å²) >= 11 is 0. The number of nitrogens with one attached hydrogen (secondary N) is 1. The van der Waals surface area contributed by atoms with E-state index in [4.69, 9.17) is 9.47 Å². The van der Waals surface area contributed by atoms with Crippen LogP contribution in [0.1, 0.15) is 67.5 Å². The van der Waals surface area contributed by atoms with Crippen LogP contribution in [0.2, 0.25) is 0 Å². The van der Waals surface area contributed by atoms with E-state index in [1.807, 2.05) is 25.1 Å². The highest BCUT2D eigenvalue weighted by molar-refractivity contribution is 5.90. The fourth-order valence-electron chi connectivity index (χ4n) is 4.81. The van der Waals surface area contributed by atoms with Crippen molar-refractivity contribution in [2.24, 2.45) is 11.8 Å². The molecule has 3 aliphatic rings. The highest BCUT2D eigenvalue weighted by Gasteiger charge is 2.44. The quantitative estimate of drug-likeness (QED) is 0.839. The van der Waals surface area contributed by atoms with E-state index in [9.17, 15) is 4.79 Å². The van der Waals surface area contributed by atoms with Crippen molar-refractivity contribution < 1.29 is 14.3 Å². The van der Waals surface area contributed by atoms with E-state index in [0.717, 1.165) is 30.2 Å². The first-order valence-electron chi connectivity index (χ1n) is 9.47. The highest BCUT2D eigenvalue weighted by Crippen LogP contribution is 2.48. The number of fused-ring (bicyclic) bond motifs is 3. The van der Waals surface area contributed by atoms with Gasteiger partial charge in [0.25, 0.3) is 0 Å². The van der Waals surface area contributed by atoms with E-state index >= 15 is 0 Å². The lowest BCUT2D eigenvalue weighted by Crippen LogP contribution is -2.42. The van der Waals surface area contributed by atoms with Gasteiger partial charge in [-0.05, 0) is 50.3 Å². The maximum Gasteiger partial charge on any atom is 0.338 e. The summed E-state index contributed by atoms with van der Waals surface area (Å²) in [4.78, 5) is 12.1. The minimum atomic E-state index is -0.246. The van der Waals surface area contributed by atoms with Gasteiger partial charge in [0.15, 0.2) is 0 Å². The molecule has 0 spiro atoms. The average Bonchev–Trinajstić information content (AvgIpc) is 3.11. The Morgan fingerprint density at radius 2 is 2.08 bits per heavy atom. The van der Waals surface area contributed by atoms with Crippen molar-refractivity contribution in [1.29, 1.82) is 0 Å². The number of esters is 1. The second-order valence-corrected chi connectivity index (χ2v) is 7.33. The Bertz CT molecular complexity index is 609. The van der Waals surface area contributed by atoms with Gasteiger partial charge in [-0.25, -0.2) is 4.79 Å². The molecule has 4 nitrogen and oxygen atoms in total. The van der Waals surface area contributed by atoms with Crippen LogP contribution in [0, 0.1) is 11.8 Å². The third-order valence-corrected chi connectivity index (χ3v) is 5.95. The van der Waals surface area contributed by atoms with Crippen molar-refractivity contribution in [3.05, 3.63) is 29.3 Å². The van der Waals surface area contributed by atoms with Gasteiger partial charge >= 0.3 is 5.97 Å². The maximum atomic E-state index is 12.1. The van der Waals surface area contributed by atoms with Crippen LogP contribution in [0.4, 0.5) is 5.69 Å². The zero-order valence-electron chi connectivity index (χ0n) is 14.4. The van der Waals surface area contributed by atoms with Crippen LogP contribution < -0.4 is 5.32 Å². The molecule has 2 fully saturated rings. The van der Waals surface area contributed by atoms with Gasteiger partial charge in [0.05, 0.1) is 18.3 Å². The van der Waals surface area contributed by atoms with Gasteiger partial charge < -0.3 is 14.8 Å². The molecule has 4 heteroatoms.